The summed E-state index contributed by atoms with van der Waals surface area (Å²) in [6.07, 6.45) is -0.225. The minimum absolute atomic E-state index is 0.129. The average molecular weight is 395 g/mol. The number of nitrogens with two attached hydrogens (primary N) is 1. The van der Waals surface area contributed by atoms with Crippen LogP contribution in [0.25, 0.3) is 0 Å². The number of primary amides is 1. The maximum Gasteiger partial charge on any atom is 0.312 e. The van der Waals surface area contributed by atoms with E-state index in [1.165, 1.54) is 0 Å². The topological polar surface area (TPSA) is 134 Å². The second kappa shape index (κ2) is 9.78. The molecule has 1 aromatic rings. The molecule has 4 N–H and O–H groups in total. The molecule has 8 nitrogen and oxygen atoms in total. The number of ether oxygens (including phenoxy) is 1. The highest BCUT2D eigenvalue weighted by Gasteiger charge is 2.30. The van der Waals surface area contributed by atoms with Gasteiger partial charge in [-0.25, -0.2) is 4.79 Å². The lowest BCUT2D eigenvalue weighted by atomic mass is 9.90. The van der Waals surface area contributed by atoms with Gasteiger partial charge >= 0.3 is 12.0 Å². The van der Waals surface area contributed by atoms with E-state index in [1.54, 1.807) is 45.0 Å². The summed E-state index contributed by atoms with van der Waals surface area (Å²) in [5.41, 5.74) is 4.69. The number of nitrogens with zero attached hydrogens (tertiary/aromatic N) is 1. The first kappa shape index (κ1) is 22.3. The standard InChI is InChI=1S/C18H23ClN4O4/c1-11(2)18(3,10-20)23-15(24)9-27-16(25)8-14(22-17(21)26)12-4-6-13(19)7-5-12/h4-7,11,14H,8-9H2,1-3H3,(H,23,24)(H3,21,22,26)/t14-,18-/m0/s1. The molecule has 0 radical (unpaired) electrons. The van der Waals surface area contributed by atoms with E-state index >= 15 is 0 Å². The third-order valence-electron chi connectivity index (χ3n) is 4.11. The Labute approximate surface area is 163 Å². The maximum absolute atomic E-state index is 12.1. The van der Waals surface area contributed by atoms with Crippen LogP contribution >= 0.6 is 11.6 Å². The summed E-state index contributed by atoms with van der Waals surface area (Å²) < 4.78 is 4.95. The van der Waals surface area contributed by atoms with Crippen molar-refractivity contribution in [3.8, 4) is 6.07 Å². The van der Waals surface area contributed by atoms with Crippen molar-refractivity contribution in [1.29, 1.82) is 5.26 Å². The third-order valence-corrected chi connectivity index (χ3v) is 4.36. The van der Waals surface area contributed by atoms with Crippen molar-refractivity contribution >= 4 is 29.5 Å². The number of hydrogen-bond acceptors (Lipinski definition) is 5. The predicted octanol–water partition coefficient (Wildman–Crippen LogP) is 2.04. The minimum atomic E-state index is -1.07. The molecule has 1 rings (SSSR count). The van der Waals surface area contributed by atoms with E-state index in [9.17, 15) is 19.6 Å². The fraction of sp³-hybridized carbons (Fsp3) is 0.444. The van der Waals surface area contributed by atoms with Gasteiger partial charge in [0.25, 0.3) is 5.91 Å². The fourth-order valence-electron chi connectivity index (χ4n) is 2.12. The highest BCUT2D eigenvalue weighted by molar-refractivity contribution is 6.30. The molecule has 27 heavy (non-hydrogen) atoms. The number of carbonyl (C=O) groups is 3. The number of hydrogen-bond donors (Lipinski definition) is 3. The molecule has 0 fully saturated rings. The van der Waals surface area contributed by atoms with Crippen molar-refractivity contribution in [2.75, 3.05) is 6.61 Å². The molecule has 0 aliphatic heterocycles. The Kier molecular flexibility index (Phi) is 8.06. The number of amides is 3. The summed E-state index contributed by atoms with van der Waals surface area (Å²) in [7, 11) is 0. The largest absolute Gasteiger partial charge is 0.456 e. The van der Waals surface area contributed by atoms with Crippen molar-refractivity contribution in [3.63, 3.8) is 0 Å². The van der Waals surface area contributed by atoms with Gasteiger partial charge in [0.15, 0.2) is 6.61 Å². The fourth-order valence-corrected chi connectivity index (χ4v) is 2.24. The molecule has 0 bridgehead atoms. The van der Waals surface area contributed by atoms with E-state index in [4.69, 9.17) is 22.1 Å². The van der Waals surface area contributed by atoms with Gasteiger partial charge in [-0.05, 0) is 30.5 Å². The van der Waals surface area contributed by atoms with Gasteiger partial charge in [0.05, 0.1) is 18.5 Å². The van der Waals surface area contributed by atoms with Crippen LogP contribution in [0.1, 0.15) is 38.8 Å². The van der Waals surface area contributed by atoms with Crippen molar-refractivity contribution in [1.82, 2.24) is 10.6 Å². The van der Waals surface area contributed by atoms with E-state index in [0.717, 1.165) is 0 Å². The van der Waals surface area contributed by atoms with Crippen molar-refractivity contribution in [3.05, 3.63) is 34.9 Å². The van der Waals surface area contributed by atoms with E-state index in [-0.39, 0.29) is 12.3 Å². The summed E-state index contributed by atoms with van der Waals surface area (Å²) in [6, 6.07) is 7.01. The van der Waals surface area contributed by atoms with Gasteiger partial charge in [0.2, 0.25) is 0 Å². The Morgan fingerprint density at radius 3 is 2.37 bits per heavy atom. The quantitative estimate of drug-likeness (QED) is 0.580. The van der Waals surface area contributed by atoms with E-state index < -0.39 is 36.1 Å². The molecule has 0 heterocycles. The third kappa shape index (κ3) is 7.15. The molecule has 0 unspecified atom stereocenters. The van der Waals surface area contributed by atoms with Gasteiger partial charge in [0.1, 0.15) is 5.54 Å². The number of benzene rings is 1. The van der Waals surface area contributed by atoms with Crippen LogP contribution in [-0.2, 0) is 14.3 Å². The molecule has 9 heteroatoms. The Morgan fingerprint density at radius 1 is 1.30 bits per heavy atom. The SMILES string of the molecule is CC(C)[C@](C)(C#N)NC(=O)COC(=O)C[C@H](NC(N)=O)c1ccc(Cl)cc1. The zero-order chi connectivity index (χ0) is 20.6. The van der Waals surface area contributed by atoms with E-state index in [1.807, 2.05) is 6.07 Å². The van der Waals surface area contributed by atoms with Crippen LogP contribution in [0.3, 0.4) is 0 Å². The Hall–Kier alpha value is -2.79. The van der Waals surface area contributed by atoms with Gasteiger partial charge in [-0.15, -0.1) is 0 Å². The smallest absolute Gasteiger partial charge is 0.312 e. The van der Waals surface area contributed by atoms with Crippen molar-refractivity contribution < 1.29 is 19.1 Å². The van der Waals surface area contributed by atoms with Gasteiger partial charge in [-0.1, -0.05) is 37.6 Å². The molecule has 0 saturated heterocycles. The second-order valence-electron chi connectivity index (χ2n) is 6.49. The lowest BCUT2D eigenvalue weighted by molar-refractivity contribution is -0.149. The summed E-state index contributed by atoms with van der Waals surface area (Å²) in [4.78, 5) is 35.2. The average Bonchev–Trinajstić information content (AvgIpc) is 2.59. The summed E-state index contributed by atoms with van der Waals surface area (Å²) in [5.74, 6) is -1.43. The number of nitriles is 1. The normalized spacial score (nSPS) is 13.8. The van der Waals surface area contributed by atoms with Crippen LogP contribution in [0.2, 0.25) is 5.02 Å². The molecule has 0 aliphatic rings. The molecule has 0 aliphatic carbocycles. The molecule has 146 valence electrons. The summed E-state index contributed by atoms with van der Waals surface area (Å²) in [6.45, 7) is 4.64. The zero-order valence-corrected chi connectivity index (χ0v) is 16.2. The molecular formula is C18H23ClN4O4. The number of esters is 1. The molecular weight excluding hydrogens is 372 g/mol. The van der Waals surface area contributed by atoms with Crippen molar-refractivity contribution in [2.24, 2.45) is 11.7 Å². The molecule has 1 aromatic carbocycles. The van der Waals surface area contributed by atoms with E-state index in [2.05, 4.69) is 10.6 Å². The van der Waals surface area contributed by atoms with Gasteiger partial charge < -0.3 is 21.1 Å². The van der Waals surface area contributed by atoms with Crippen molar-refractivity contribution in [2.45, 2.75) is 38.8 Å². The first-order valence-corrected chi connectivity index (χ1v) is 8.64. The highest BCUT2D eigenvalue weighted by atomic mass is 35.5. The van der Waals surface area contributed by atoms with Crippen LogP contribution in [0.15, 0.2) is 24.3 Å². The molecule has 3 amide bonds. The molecule has 0 saturated carbocycles. The van der Waals surface area contributed by atoms with Gasteiger partial charge in [0, 0.05) is 5.02 Å². The van der Waals surface area contributed by atoms with Crippen LogP contribution in [0.4, 0.5) is 4.79 Å². The zero-order valence-electron chi connectivity index (χ0n) is 15.4. The monoisotopic (exact) mass is 394 g/mol. The lowest BCUT2D eigenvalue weighted by Gasteiger charge is -2.27. The Balaban J connectivity index is 2.66. The summed E-state index contributed by atoms with van der Waals surface area (Å²) in [5, 5.41) is 14.7. The van der Waals surface area contributed by atoms with Crippen LogP contribution in [0.5, 0.6) is 0 Å². The number of urea groups is 1. The minimum Gasteiger partial charge on any atom is -0.456 e. The maximum atomic E-state index is 12.1. The van der Waals surface area contributed by atoms with Gasteiger partial charge in [-0.2, -0.15) is 5.26 Å². The Morgan fingerprint density at radius 2 is 1.89 bits per heavy atom. The number of carbonyl (C=O) groups excluding carboxylic acids is 3. The number of halogens is 1. The van der Waals surface area contributed by atoms with E-state index in [0.29, 0.717) is 10.6 Å². The first-order valence-electron chi connectivity index (χ1n) is 8.26. The predicted molar refractivity (Wildman–Crippen MR) is 99.5 cm³/mol. The lowest BCUT2D eigenvalue weighted by Crippen LogP contribution is -2.50. The number of rotatable bonds is 8. The van der Waals surface area contributed by atoms with Crippen LogP contribution in [-0.4, -0.2) is 30.1 Å². The highest BCUT2D eigenvalue weighted by Crippen LogP contribution is 2.20. The second-order valence-corrected chi connectivity index (χ2v) is 6.93. The van der Waals surface area contributed by atoms with Crippen LogP contribution in [0, 0.1) is 17.2 Å². The van der Waals surface area contributed by atoms with Gasteiger partial charge in [-0.3, -0.25) is 9.59 Å². The summed E-state index contributed by atoms with van der Waals surface area (Å²) >= 11 is 5.83. The number of nitrogens with one attached hydrogen (secondary N) is 2. The molecule has 0 spiro atoms. The molecule has 2 atom stereocenters. The first-order chi connectivity index (χ1) is 12.6. The Bertz CT molecular complexity index is 730. The van der Waals surface area contributed by atoms with Crippen LogP contribution < -0.4 is 16.4 Å². The molecule has 0 aromatic heterocycles.